The Morgan fingerprint density at radius 2 is 2.25 bits per heavy atom. The molecule has 10 heteroatoms. The molecule has 0 aromatic carbocycles. The molecule has 3 heterocycles. The first-order valence-corrected chi connectivity index (χ1v) is 9.09. The largest absolute Gasteiger partial charge is 0.461 e. The van der Waals surface area contributed by atoms with Crippen molar-refractivity contribution in [3.63, 3.8) is 0 Å². The molecule has 2 aromatic heterocycles. The van der Waals surface area contributed by atoms with Crippen LogP contribution in [0.1, 0.15) is 38.3 Å². The van der Waals surface area contributed by atoms with E-state index in [4.69, 9.17) is 21.6 Å². The molecule has 0 amide bonds. The lowest BCUT2D eigenvalue weighted by Gasteiger charge is -2.26. The molecule has 3 N–H and O–H groups in total. The number of hydrogen-bond donors (Lipinski definition) is 2. The number of nitrogens with zero attached hydrogens (tertiary/aromatic N) is 4. The van der Waals surface area contributed by atoms with Crippen LogP contribution in [-0.4, -0.2) is 48.9 Å². The van der Waals surface area contributed by atoms with Crippen LogP contribution in [0, 0.1) is 24.3 Å². The molecule has 0 unspecified atom stereocenters. The molecule has 2 aliphatic rings. The molecule has 4 rings (SSSR count). The van der Waals surface area contributed by atoms with Crippen LogP contribution < -0.4 is 5.73 Å². The van der Waals surface area contributed by atoms with Gasteiger partial charge >= 0.3 is 12.0 Å². The van der Waals surface area contributed by atoms with Crippen molar-refractivity contribution >= 4 is 23.0 Å². The van der Waals surface area contributed by atoms with E-state index in [0.29, 0.717) is 0 Å². The van der Waals surface area contributed by atoms with Crippen LogP contribution in [0.5, 0.6) is 0 Å². The Balaban J connectivity index is 1.54. The third kappa shape index (κ3) is 3.06. The minimum atomic E-state index is -1.51. The van der Waals surface area contributed by atoms with Gasteiger partial charge < -0.3 is 20.3 Å². The second-order valence-electron chi connectivity index (χ2n) is 7.15. The molecule has 9 nitrogen and oxygen atoms in total. The third-order valence-electron chi connectivity index (χ3n) is 5.40. The predicted molar refractivity (Wildman–Crippen MR) is 94.9 cm³/mol. The van der Waals surface area contributed by atoms with Crippen molar-refractivity contribution < 1.29 is 23.8 Å². The van der Waals surface area contributed by atoms with Crippen LogP contribution in [-0.2, 0) is 14.3 Å². The highest BCUT2D eigenvalue weighted by molar-refractivity contribution is 5.81. The van der Waals surface area contributed by atoms with Crippen molar-refractivity contribution in [2.75, 3.05) is 12.3 Å². The van der Waals surface area contributed by atoms with E-state index in [-0.39, 0.29) is 41.9 Å². The van der Waals surface area contributed by atoms with E-state index in [9.17, 15) is 14.3 Å². The Morgan fingerprint density at radius 3 is 2.96 bits per heavy atom. The number of anilines is 1. The summed E-state index contributed by atoms with van der Waals surface area (Å²) in [5.41, 5.74) is 4.50. The van der Waals surface area contributed by atoms with Gasteiger partial charge in [-0.25, -0.2) is 4.98 Å². The van der Waals surface area contributed by atoms with Crippen LogP contribution in [0.3, 0.4) is 0 Å². The number of imidazole rings is 1. The maximum atomic E-state index is 13.6. The molecule has 0 spiro atoms. The van der Waals surface area contributed by atoms with Crippen LogP contribution in [0.25, 0.3) is 11.2 Å². The van der Waals surface area contributed by atoms with Gasteiger partial charge in [0.2, 0.25) is 0 Å². The van der Waals surface area contributed by atoms with Crippen molar-refractivity contribution in [2.45, 2.75) is 50.0 Å². The number of esters is 1. The fourth-order valence-electron chi connectivity index (χ4n) is 3.80. The van der Waals surface area contributed by atoms with E-state index in [2.05, 4.69) is 20.9 Å². The monoisotopic (exact) mass is 389 g/mol. The van der Waals surface area contributed by atoms with Crippen LogP contribution in [0.4, 0.5) is 10.2 Å². The number of nitrogens with two attached hydrogens (primary N) is 1. The highest BCUT2D eigenvalue weighted by Gasteiger charge is 2.49. The second kappa shape index (κ2) is 7.00. The zero-order valence-corrected chi connectivity index (χ0v) is 15.0. The Bertz CT molecular complexity index is 951. The number of aromatic nitrogens is 4. The lowest BCUT2D eigenvalue weighted by Crippen LogP contribution is -2.43. The Kier molecular flexibility index (Phi) is 4.64. The normalized spacial score (nSPS) is 27.9. The zero-order valence-electron chi connectivity index (χ0n) is 15.0. The number of fused-ring (bicyclic) bond motifs is 1. The summed E-state index contributed by atoms with van der Waals surface area (Å²) in [5, 5.41) is 10.5. The number of aliphatic hydroxyl groups is 1. The minimum absolute atomic E-state index is 0.0855. The lowest BCUT2D eigenvalue weighted by molar-refractivity contribution is -0.160. The molecule has 1 saturated carbocycles. The summed E-state index contributed by atoms with van der Waals surface area (Å²) in [6.45, 7) is -0.269. The number of nitrogen functional groups attached to an aromatic ring is 1. The number of hydrogen-bond acceptors (Lipinski definition) is 8. The summed E-state index contributed by atoms with van der Waals surface area (Å²) < 4.78 is 26.3. The van der Waals surface area contributed by atoms with E-state index < -0.39 is 24.0 Å². The summed E-state index contributed by atoms with van der Waals surface area (Å²) in [4.78, 5) is 23.4. The van der Waals surface area contributed by atoms with E-state index in [1.54, 1.807) is 0 Å². The van der Waals surface area contributed by atoms with E-state index in [1.807, 2.05) is 0 Å². The van der Waals surface area contributed by atoms with E-state index >= 15 is 0 Å². The molecule has 1 saturated heterocycles. The molecule has 148 valence electrons. The molecule has 3 atom stereocenters. The summed E-state index contributed by atoms with van der Waals surface area (Å²) in [7, 11) is 0. The number of rotatable bonds is 4. The minimum Gasteiger partial charge on any atom is -0.461 e. The SMILES string of the molecule is C#C[C@]1(COC(=O)C2CCCC2)O[C@@H](n2cnc3c(N)nc(F)nc32)C[C@@H]1O. The van der Waals surface area contributed by atoms with Crippen molar-refractivity contribution in [3.05, 3.63) is 12.4 Å². The summed E-state index contributed by atoms with van der Waals surface area (Å²) in [6, 6.07) is 0. The number of ether oxygens (including phenoxy) is 2. The molecule has 1 aliphatic heterocycles. The molecule has 28 heavy (non-hydrogen) atoms. The second-order valence-corrected chi connectivity index (χ2v) is 7.15. The Hall–Kier alpha value is -2.77. The van der Waals surface area contributed by atoms with Gasteiger partial charge in [0.15, 0.2) is 22.6 Å². The highest BCUT2D eigenvalue weighted by atomic mass is 19.1. The number of halogens is 1. The van der Waals surface area contributed by atoms with Crippen molar-refractivity contribution in [2.24, 2.45) is 5.92 Å². The highest BCUT2D eigenvalue weighted by Crippen LogP contribution is 2.38. The lowest BCUT2D eigenvalue weighted by atomic mass is 9.98. The summed E-state index contributed by atoms with van der Waals surface area (Å²) >= 11 is 0. The average molecular weight is 389 g/mol. The average Bonchev–Trinajstić information content (AvgIpc) is 3.38. The Morgan fingerprint density at radius 1 is 1.50 bits per heavy atom. The number of carbonyl (C=O) groups excluding carboxylic acids is 1. The molecular weight excluding hydrogens is 369 g/mol. The first-order valence-electron chi connectivity index (χ1n) is 9.09. The maximum Gasteiger partial charge on any atom is 0.312 e. The van der Waals surface area contributed by atoms with Gasteiger partial charge in [-0.2, -0.15) is 14.4 Å². The van der Waals surface area contributed by atoms with Crippen LogP contribution in [0.15, 0.2) is 6.33 Å². The number of aliphatic hydroxyl groups excluding tert-OH is 1. The van der Waals surface area contributed by atoms with Gasteiger partial charge in [0.25, 0.3) is 0 Å². The van der Waals surface area contributed by atoms with Crippen LogP contribution >= 0.6 is 0 Å². The summed E-state index contributed by atoms with van der Waals surface area (Å²) in [5.74, 6) is 1.85. The van der Waals surface area contributed by atoms with Crippen molar-refractivity contribution in [3.8, 4) is 12.3 Å². The Labute approximate surface area is 160 Å². The fourth-order valence-corrected chi connectivity index (χ4v) is 3.80. The van der Waals surface area contributed by atoms with Gasteiger partial charge in [0, 0.05) is 6.42 Å². The van der Waals surface area contributed by atoms with Gasteiger partial charge in [-0.05, 0) is 12.8 Å². The van der Waals surface area contributed by atoms with Gasteiger partial charge in [-0.1, -0.05) is 18.8 Å². The van der Waals surface area contributed by atoms with Gasteiger partial charge in [0.1, 0.15) is 18.9 Å². The maximum absolute atomic E-state index is 13.6. The molecule has 0 radical (unpaired) electrons. The van der Waals surface area contributed by atoms with Gasteiger partial charge in [-0.15, -0.1) is 6.42 Å². The van der Waals surface area contributed by atoms with Gasteiger partial charge in [-0.3, -0.25) is 9.36 Å². The molecule has 2 fully saturated rings. The van der Waals surface area contributed by atoms with Gasteiger partial charge in [0.05, 0.1) is 12.2 Å². The predicted octanol–water partition coefficient (Wildman–Crippen LogP) is 0.933. The first-order chi connectivity index (χ1) is 13.4. The first kappa shape index (κ1) is 18.6. The molecule has 2 aromatic rings. The fraction of sp³-hybridized carbons (Fsp3) is 0.556. The zero-order chi connectivity index (χ0) is 19.9. The van der Waals surface area contributed by atoms with Crippen molar-refractivity contribution in [1.29, 1.82) is 0 Å². The topological polar surface area (TPSA) is 125 Å². The quantitative estimate of drug-likeness (QED) is 0.449. The summed E-state index contributed by atoms with van der Waals surface area (Å²) in [6.07, 6.45) is 7.77. The molecular formula is C18H20FN5O4. The number of terminal acetylenes is 1. The van der Waals surface area contributed by atoms with E-state index in [1.165, 1.54) is 10.9 Å². The third-order valence-corrected chi connectivity index (χ3v) is 5.40. The van der Waals surface area contributed by atoms with Crippen LogP contribution in [0.2, 0.25) is 0 Å². The van der Waals surface area contributed by atoms with Crippen molar-refractivity contribution in [1.82, 2.24) is 19.5 Å². The number of carbonyl (C=O) groups is 1. The molecule has 1 aliphatic carbocycles. The smallest absolute Gasteiger partial charge is 0.312 e. The standard InChI is InChI=1S/C18H20FN5O4/c1-2-18(8-27-16(26)10-5-3-4-6-10)11(25)7-12(28-18)24-9-21-13-14(20)22-17(19)23-15(13)24/h1,9-12,25H,3-8H2,(H2,20,22,23)/t11-,12+,18+/m0/s1. The molecule has 0 bridgehead atoms. The van der Waals surface area contributed by atoms with E-state index in [0.717, 1.165) is 25.7 Å².